The van der Waals surface area contributed by atoms with Gasteiger partial charge in [-0.25, -0.2) is 0 Å². The van der Waals surface area contributed by atoms with Crippen molar-refractivity contribution >= 4 is 5.69 Å². The lowest BCUT2D eigenvalue weighted by atomic mass is 9.90. The molecule has 1 aromatic carbocycles. The summed E-state index contributed by atoms with van der Waals surface area (Å²) in [4.78, 5) is 12.9. The van der Waals surface area contributed by atoms with Crippen molar-refractivity contribution in [1.82, 2.24) is 4.90 Å². The van der Waals surface area contributed by atoms with Gasteiger partial charge in [-0.05, 0) is 37.9 Å². The van der Waals surface area contributed by atoms with Crippen LogP contribution in [0.25, 0.3) is 0 Å². The molecule has 0 aromatic heterocycles. The molecule has 0 saturated carbocycles. The Morgan fingerprint density at radius 1 is 1.52 bits per heavy atom. The molecule has 21 heavy (non-hydrogen) atoms. The second-order valence-electron chi connectivity index (χ2n) is 5.96. The molecule has 1 aliphatic heterocycles. The van der Waals surface area contributed by atoms with E-state index in [0.717, 1.165) is 30.8 Å². The third-order valence-electron chi connectivity index (χ3n) is 4.08. The van der Waals surface area contributed by atoms with Gasteiger partial charge in [0.1, 0.15) is 5.75 Å². The van der Waals surface area contributed by atoms with Crippen LogP contribution in [0.3, 0.4) is 0 Å². The van der Waals surface area contributed by atoms with Crippen LogP contribution in [0, 0.1) is 15.5 Å². The zero-order valence-corrected chi connectivity index (χ0v) is 12.7. The monoisotopic (exact) mass is 293 g/mol. The average molecular weight is 293 g/mol. The van der Waals surface area contributed by atoms with Crippen LogP contribution in [0.1, 0.15) is 25.8 Å². The van der Waals surface area contributed by atoms with Crippen LogP contribution in [-0.4, -0.2) is 36.1 Å². The molecule has 1 saturated heterocycles. The van der Waals surface area contributed by atoms with Gasteiger partial charge >= 0.3 is 0 Å². The van der Waals surface area contributed by atoms with E-state index in [-0.39, 0.29) is 16.0 Å². The molecule has 1 heterocycles. The number of ether oxygens (including phenoxy) is 1. The van der Waals surface area contributed by atoms with Crippen molar-refractivity contribution in [2.75, 3.05) is 26.2 Å². The van der Waals surface area contributed by atoms with Gasteiger partial charge in [0.15, 0.2) is 0 Å². The van der Waals surface area contributed by atoms with Crippen molar-refractivity contribution in [3.05, 3.63) is 33.9 Å². The normalized spacial score (nSPS) is 22.4. The van der Waals surface area contributed by atoms with E-state index < -0.39 is 0 Å². The molecule has 1 atom stereocenters. The SMILES string of the molecule is CCOc1ccc([N+](=O)[O-])cc1CN1CCC(C)(CN)C1. The zero-order valence-electron chi connectivity index (χ0n) is 12.7. The van der Waals surface area contributed by atoms with Gasteiger partial charge in [0.2, 0.25) is 0 Å². The highest BCUT2D eigenvalue weighted by molar-refractivity contribution is 5.43. The first kappa shape index (κ1) is 15.7. The first-order valence-electron chi connectivity index (χ1n) is 7.30. The van der Waals surface area contributed by atoms with Crippen molar-refractivity contribution in [2.45, 2.75) is 26.8 Å². The van der Waals surface area contributed by atoms with Crippen molar-refractivity contribution in [2.24, 2.45) is 11.1 Å². The minimum Gasteiger partial charge on any atom is -0.494 e. The number of nitrogens with two attached hydrogens (primary N) is 1. The smallest absolute Gasteiger partial charge is 0.270 e. The van der Waals surface area contributed by atoms with Gasteiger partial charge in [0.05, 0.1) is 11.5 Å². The summed E-state index contributed by atoms with van der Waals surface area (Å²) >= 11 is 0. The Labute approximate surface area is 125 Å². The fraction of sp³-hybridized carbons (Fsp3) is 0.600. The molecule has 2 rings (SSSR count). The summed E-state index contributed by atoms with van der Waals surface area (Å²) < 4.78 is 5.59. The van der Waals surface area contributed by atoms with Crippen molar-refractivity contribution < 1.29 is 9.66 Å². The van der Waals surface area contributed by atoms with E-state index in [2.05, 4.69) is 11.8 Å². The molecule has 6 heteroatoms. The van der Waals surface area contributed by atoms with E-state index in [1.54, 1.807) is 12.1 Å². The highest BCUT2D eigenvalue weighted by Crippen LogP contribution is 2.32. The number of nitrogens with zero attached hydrogens (tertiary/aromatic N) is 2. The number of likely N-dealkylation sites (tertiary alicyclic amines) is 1. The maximum absolute atomic E-state index is 10.9. The lowest BCUT2D eigenvalue weighted by Gasteiger charge is -2.23. The van der Waals surface area contributed by atoms with E-state index in [1.165, 1.54) is 6.07 Å². The third kappa shape index (κ3) is 3.71. The molecule has 0 amide bonds. The number of nitro groups is 1. The zero-order chi connectivity index (χ0) is 15.5. The fourth-order valence-electron chi connectivity index (χ4n) is 2.77. The van der Waals surface area contributed by atoms with Crippen molar-refractivity contribution in [3.63, 3.8) is 0 Å². The summed E-state index contributed by atoms with van der Waals surface area (Å²) in [6.45, 7) is 7.84. The number of hydrogen-bond acceptors (Lipinski definition) is 5. The standard InChI is InChI=1S/C15H23N3O3/c1-3-21-14-5-4-13(18(19)20)8-12(14)9-17-7-6-15(2,10-16)11-17/h4-5,8H,3,6-7,9-11,16H2,1-2H3. The van der Waals surface area contributed by atoms with Crippen molar-refractivity contribution in [3.8, 4) is 5.75 Å². The van der Waals surface area contributed by atoms with E-state index >= 15 is 0 Å². The van der Waals surface area contributed by atoms with E-state index in [9.17, 15) is 10.1 Å². The molecule has 1 aromatic rings. The molecule has 0 bridgehead atoms. The molecule has 1 aliphatic rings. The van der Waals surface area contributed by atoms with Crippen molar-refractivity contribution in [1.29, 1.82) is 0 Å². The van der Waals surface area contributed by atoms with Gasteiger partial charge in [-0.2, -0.15) is 0 Å². The number of benzene rings is 1. The van der Waals surface area contributed by atoms with Crippen LogP contribution in [0.15, 0.2) is 18.2 Å². The first-order valence-corrected chi connectivity index (χ1v) is 7.30. The molecule has 6 nitrogen and oxygen atoms in total. The number of hydrogen-bond donors (Lipinski definition) is 1. The molecule has 2 N–H and O–H groups in total. The summed E-state index contributed by atoms with van der Waals surface area (Å²) in [5.41, 5.74) is 6.94. The predicted octanol–water partition coefficient (Wildman–Crippen LogP) is 2.16. The van der Waals surface area contributed by atoms with Gasteiger partial charge < -0.3 is 10.5 Å². The highest BCUT2D eigenvalue weighted by Gasteiger charge is 2.32. The minimum absolute atomic E-state index is 0.106. The second kappa shape index (κ2) is 6.41. The van der Waals surface area contributed by atoms with Crippen LogP contribution >= 0.6 is 0 Å². The molecular weight excluding hydrogens is 270 g/mol. The summed E-state index contributed by atoms with van der Waals surface area (Å²) in [6.07, 6.45) is 1.06. The number of rotatable bonds is 6. The summed E-state index contributed by atoms with van der Waals surface area (Å²) in [6, 6.07) is 4.79. The second-order valence-corrected chi connectivity index (χ2v) is 5.96. The summed E-state index contributed by atoms with van der Waals surface area (Å²) in [5.74, 6) is 0.726. The Kier molecular flexibility index (Phi) is 4.80. The van der Waals surface area contributed by atoms with Crippen LogP contribution in [0.4, 0.5) is 5.69 Å². The first-order chi connectivity index (χ1) is 9.97. The lowest BCUT2D eigenvalue weighted by molar-refractivity contribution is -0.385. The molecular formula is C15H23N3O3. The quantitative estimate of drug-likeness (QED) is 0.642. The fourth-order valence-corrected chi connectivity index (χ4v) is 2.77. The van der Waals surface area contributed by atoms with Gasteiger partial charge in [-0.3, -0.25) is 15.0 Å². The molecule has 0 radical (unpaired) electrons. The Morgan fingerprint density at radius 3 is 2.86 bits per heavy atom. The van der Waals surface area contributed by atoms with Crippen LogP contribution in [0.5, 0.6) is 5.75 Å². The van der Waals surface area contributed by atoms with Gasteiger partial charge in [0.25, 0.3) is 5.69 Å². The maximum Gasteiger partial charge on any atom is 0.270 e. The highest BCUT2D eigenvalue weighted by atomic mass is 16.6. The van der Waals surface area contributed by atoms with Crippen LogP contribution < -0.4 is 10.5 Å². The van der Waals surface area contributed by atoms with Crippen LogP contribution in [-0.2, 0) is 6.54 Å². The molecule has 116 valence electrons. The predicted molar refractivity (Wildman–Crippen MR) is 81.3 cm³/mol. The summed E-state index contributed by atoms with van der Waals surface area (Å²) in [5, 5.41) is 10.9. The Bertz CT molecular complexity index is 521. The molecule has 1 unspecified atom stereocenters. The average Bonchev–Trinajstić information content (AvgIpc) is 2.83. The van der Waals surface area contributed by atoms with E-state index in [1.807, 2.05) is 6.92 Å². The maximum atomic E-state index is 10.9. The lowest BCUT2D eigenvalue weighted by Crippen LogP contribution is -2.31. The van der Waals surface area contributed by atoms with Gasteiger partial charge in [-0.1, -0.05) is 6.92 Å². The van der Waals surface area contributed by atoms with Crippen LogP contribution in [0.2, 0.25) is 0 Å². The van der Waals surface area contributed by atoms with Gasteiger partial charge in [0, 0.05) is 30.8 Å². The molecule has 0 spiro atoms. The largest absolute Gasteiger partial charge is 0.494 e. The van der Waals surface area contributed by atoms with Gasteiger partial charge in [-0.15, -0.1) is 0 Å². The summed E-state index contributed by atoms with van der Waals surface area (Å²) in [7, 11) is 0. The molecule has 1 fully saturated rings. The minimum atomic E-state index is -0.368. The third-order valence-corrected chi connectivity index (χ3v) is 4.08. The Morgan fingerprint density at radius 2 is 2.29 bits per heavy atom. The Balaban J connectivity index is 2.17. The number of non-ortho nitro benzene ring substituents is 1. The number of nitro benzene ring substituents is 1. The Hall–Kier alpha value is -1.66. The molecule has 0 aliphatic carbocycles. The van der Waals surface area contributed by atoms with E-state index in [0.29, 0.717) is 19.7 Å². The topological polar surface area (TPSA) is 81.6 Å². The van der Waals surface area contributed by atoms with E-state index in [4.69, 9.17) is 10.5 Å².